The summed E-state index contributed by atoms with van der Waals surface area (Å²) in [7, 11) is 2.41. The molecule has 0 saturated carbocycles. The highest BCUT2D eigenvalue weighted by atomic mass is 32.2. The van der Waals surface area contributed by atoms with Crippen molar-refractivity contribution in [3.63, 3.8) is 0 Å². The molecule has 0 aromatic heterocycles. The highest BCUT2D eigenvalue weighted by Crippen LogP contribution is 1.98. The van der Waals surface area contributed by atoms with Gasteiger partial charge in [0.2, 0.25) is 10.0 Å². The maximum atomic E-state index is 11.7. The third-order valence-corrected chi connectivity index (χ3v) is 4.28. The minimum Gasteiger partial charge on any atom is -0.318 e. The van der Waals surface area contributed by atoms with E-state index >= 15 is 0 Å². The molecule has 15 heavy (non-hydrogen) atoms. The summed E-state index contributed by atoms with van der Waals surface area (Å²) in [5.74, 6) is 0. The number of rotatable bonds is 7. The Kier molecular flexibility index (Phi) is 6.35. The summed E-state index contributed by atoms with van der Waals surface area (Å²) in [4.78, 5) is 1.98. The van der Waals surface area contributed by atoms with Crippen molar-refractivity contribution in [3.05, 3.63) is 0 Å². The minimum atomic E-state index is -3.19. The molecule has 2 unspecified atom stereocenters. The van der Waals surface area contributed by atoms with E-state index in [9.17, 15) is 8.42 Å². The second-order valence-electron chi connectivity index (χ2n) is 4.07. The van der Waals surface area contributed by atoms with Gasteiger partial charge in [0.25, 0.3) is 0 Å². The highest BCUT2D eigenvalue weighted by molar-refractivity contribution is 7.90. The third kappa shape index (κ3) is 5.46. The summed E-state index contributed by atoms with van der Waals surface area (Å²) in [6.07, 6.45) is 0. The van der Waals surface area contributed by atoms with Crippen LogP contribution in [-0.4, -0.2) is 58.8 Å². The smallest absolute Gasteiger partial charge is 0.215 e. The van der Waals surface area contributed by atoms with Crippen LogP contribution < -0.4 is 10.0 Å². The molecular weight excluding hydrogens is 214 g/mol. The molecule has 0 aliphatic rings. The number of sulfonamides is 1. The number of nitrogens with zero attached hydrogens (tertiary/aromatic N) is 1. The molecule has 0 fully saturated rings. The molecule has 92 valence electrons. The molecule has 0 rings (SSSR count). The Morgan fingerprint density at radius 1 is 1.20 bits per heavy atom. The lowest BCUT2D eigenvalue weighted by molar-refractivity contribution is 0.313. The Morgan fingerprint density at radius 3 is 2.13 bits per heavy atom. The zero-order valence-electron chi connectivity index (χ0n) is 10.2. The van der Waals surface area contributed by atoms with Crippen LogP contribution in [0.2, 0.25) is 0 Å². The minimum absolute atomic E-state index is 0.196. The van der Waals surface area contributed by atoms with Gasteiger partial charge in [-0.3, -0.25) is 0 Å². The van der Waals surface area contributed by atoms with Crippen molar-refractivity contribution >= 4 is 10.0 Å². The third-order valence-electron chi connectivity index (χ3n) is 2.48. The first-order chi connectivity index (χ1) is 6.81. The van der Waals surface area contributed by atoms with Crippen molar-refractivity contribution in [2.24, 2.45) is 0 Å². The second kappa shape index (κ2) is 6.42. The van der Waals surface area contributed by atoms with Crippen molar-refractivity contribution in [2.45, 2.75) is 25.1 Å². The van der Waals surface area contributed by atoms with Gasteiger partial charge in [0, 0.05) is 19.1 Å². The molecule has 2 atom stereocenters. The van der Waals surface area contributed by atoms with E-state index in [-0.39, 0.29) is 6.04 Å². The summed E-state index contributed by atoms with van der Waals surface area (Å²) >= 11 is 0. The molecule has 0 heterocycles. The van der Waals surface area contributed by atoms with Crippen LogP contribution in [0.15, 0.2) is 0 Å². The maximum absolute atomic E-state index is 11.7. The first-order valence-electron chi connectivity index (χ1n) is 5.10. The van der Waals surface area contributed by atoms with Crippen molar-refractivity contribution < 1.29 is 8.42 Å². The fourth-order valence-electron chi connectivity index (χ4n) is 0.959. The lowest BCUT2D eigenvalue weighted by Gasteiger charge is -2.21. The average molecular weight is 237 g/mol. The van der Waals surface area contributed by atoms with Crippen molar-refractivity contribution in [1.82, 2.24) is 14.9 Å². The van der Waals surface area contributed by atoms with E-state index in [1.165, 1.54) is 0 Å². The summed E-state index contributed by atoms with van der Waals surface area (Å²) in [6, 6.07) is 0.196. The zero-order chi connectivity index (χ0) is 12.1. The fourth-order valence-corrected chi connectivity index (χ4v) is 2.10. The summed E-state index contributed by atoms with van der Waals surface area (Å²) in [5, 5.41) is 2.45. The number of hydrogen-bond acceptors (Lipinski definition) is 4. The van der Waals surface area contributed by atoms with Gasteiger partial charge in [-0.25, -0.2) is 13.1 Å². The van der Waals surface area contributed by atoms with Gasteiger partial charge in [-0.2, -0.15) is 0 Å². The molecule has 0 radical (unpaired) electrons. The lowest BCUT2D eigenvalue weighted by Crippen LogP contribution is -2.43. The first-order valence-corrected chi connectivity index (χ1v) is 6.65. The van der Waals surface area contributed by atoms with Crippen molar-refractivity contribution in [3.8, 4) is 0 Å². The molecule has 2 N–H and O–H groups in total. The van der Waals surface area contributed by atoms with Gasteiger partial charge in [-0.05, 0) is 35.0 Å². The molecule has 5 nitrogen and oxygen atoms in total. The SMILES string of the molecule is CNCC(C)S(=O)(=O)NCC(C)N(C)C. The van der Waals surface area contributed by atoms with Crippen LogP contribution >= 0.6 is 0 Å². The van der Waals surface area contributed by atoms with E-state index in [1.54, 1.807) is 14.0 Å². The molecule has 0 saturated heterocycles. The van der Waals surface area contributed by atoms with Crippen LogP contribution in [0, 0.1) is 0 Å². The Hall–Kier alpha value is -0.170. The average Bonchev–Trinajstić information content (AvgIpc) is 2.14. The summed E-state index contributed by atoms with van der Waals surface area (Å²) < 4.78 is 26.0. The molecule has 0 spiro atoms. The van der Waals surface area contributed by atoms with Gasteiger partial charge in [0.1, 0.15) is 0 Å². The van der Waals surface area contributed by atoms with Crippen LogP contribution in [0.3, 0.4) is 0 Å². The van der Waals surface area contributed by atoms with Gasteiger partial charge in [-0.15, -0.1) is 0 Å². The van der Waals surface area contributed by atoms with Gasteiger partial charge in [0.05, 0.1) is 5.25 Å². The van der Waals surface area contributed by atoms with Crippen LogP contribution in [0.5, 0.6) is 0 Å². The molecule has 0 aliphatic heterocycles. The first kappa shape index (κ1) is 14.8. The predicted molar refractivity (Wildman–Crippen MR) is 63.5 cm³/mol. The van der Waals surface area contributed by atoms with Gasteiger partial charge < -0.3 is 10.2 Å². The number of hydrogen-bond donors (Lipinski definition) is 2. The van der Waals surface area contributed by atoms with E-state index < -0.39 is 15.3 Å². The van der Waals surface area contributed by atoms with Crippen molar-refractivity contribution in [2.75, 3.05) is 34.2 Å². The van der Waals surface area contributed by atoms with Crippen molar-refractivity contribution in [1.29, 1.82) is 0 Å². The molecule has 0 aromatic carbocycles. The fraction of sp³-hybridized carbons (Fsp3) is 1.00. The normalized spacial score (nSPS) is 16.7. The molecule has 0 aromatic rings. The Bertz CT molecular complexity index is 265. The summed E-state index contributed by atoms with van der Waals surface area (Å²) in [5.41, 5.74) is 0. The predicted octanol–water partition coefficient (Wildman–Crippen LogP) is -0.536. The monoisotopic (exact) mass is 237 g/mol. The van der Waals surface area contributed by atoms with Gasteiger partial charge in [0.15, 0.2) is 0 Å². The highest BCUT2D eigenvalue weighted by Gasteiger charge is 2.20. The van der Waals surface area contributed by atoms with Gasteiger partial charge >= 0.3 is 0 Å². The molecule has 0 aliphatic carbocycles. The maximum Gasteiger partial charge on any atom is 0.215 e. The van der Waals surface area contributed by atoms with Crippen LogP contribution in [0.25, 0.3) is 0 Å². The molecular formula is C9H23N3O2S. The van der Waals surface area contributed by atoms with Gasteiger partial charge in [-0.1, -0.05) is 0 Å². The lowest BCUT2D eigenvalue weighted by atomic mass is 10.3. The van der Waals surface area contributed by atoms with Crippen LogP contribution in [0.4, 0.5) is 0 Å². The standard InChI is InChI=1S/C9H23N3O2S/c1-8(12(4)5)6-11-15(13,14)9(2)7-10-3/h8-11H,6-7H2,1-5H3. The zero-order valence-corrected chi connectivity index (χ0v) is 11.1. The number of likely N-dealkylation sites (N-methyl/N-ethyl adjacent to an activating group) is 1. The second-order valence-corrected chi connectivity index (χ2v) is 6.26. The molecule has 0 amide bonds. The van der Waals surface area contributed by atoms with Crippen LogP contribution in [0.1, 0.15) is 13.8 Å². The topological polar surface area (TPSA) is 61.4 Å². The van der Waals surface area contributed by atoms with E-state index in [0.29, 0.717) is 13.1 Å². The quantitative estimate of drug-likeness (QED) is 0.624. The van der Waals surface area contributed by atoms with E-state index in [0.717, 1.165) is 0 Å². The molecule has 0 bridgehead atoms. The largest absolute Gasteiger partial charge is 0.318 e. The Morgan fingerprint density at radius 2 is 1.73 bits per heavy atom. The van der Waals surface area contributed by atoms with E-state index in [1.807, 2.05) is 25.9 Å². The Labute approximate surface area is 93.3 Å². The van der Waals surface area contributed by atoms with E-state index in [4.69, 9.17) is 0 Å². The summed E-state index contributed by atoms with van der Waals surface area (Å²) in [6.45, 7) is 4.58. The number of nitrogens with one attached hydrogen (secondary N) is 2. The van der Waals surface area contributed by atoms with Crippen LogP contribution in [-0.2, 0) is 10.0 Å². The van der Waals surface area contributed by atoms with E-state index in [2.05, 4.69) is 10.0 Å². The molecule has 6 heteroatoms. The Balaban J connectivity index is 4.16.